The molecule has 0 aliphatic rings. The van der Waals surface area contributed by atoms with Crippen LogP contribution in [0, 0.1) is 0 Å². The van der Waals surface area contributed by atoms with Crippen molar-refractivity contribution in [2.45, 2.75) is 63.2 Å². The van der Waals surface area contributed by atoms with Gasteiger partial charge in [0, 0.05) is 12.3 Å². The molecule has 4 atom stereocenters. The van der Waals surface area contributed by atoms with Crippen LogP contribution in [0.15, 0.2) is 4.99 Å². The number of carboxylic acids is 1. The van der Waals surface area contributed by atoms with Crippen molar-refractivity contribution in [1.82, 2.24) is 21.3 Å². The molecule has 0 fully saturated rings. The number of aliphatic carboxylic acids is 1. The third-order valence-electron chi connectivity index (χ3n) is 4.81. The standard InChI is InChI=1S/C20H39N9O6S/c1-11(22)16(31)28-12(5-2-3-7-21)17(32)26-9-15(30)27-14(10-36)18(33)29-13(19(34)35)6-4-8-25-20(23)24/h11-14,36H,2-10,21-22H2,1H3,(H,26,32)(H,27,30)(H,28,31)(H,29,33)(H,34,35)(H4,23,24,25)/t11-,12+,13-,14+/m0/s1. The van der Waals surface area contributed by atoms with Crippen molar-refractivity contribution in [1.29, 1.82) is 0 Å². The molecule has 15 nitrogen and oxygen atoms in total. The van der Waals surface area contributed by atoms with E-state index in [0.717, 1.165) is 0 Å². The largest absolute Gasteiger partial charge is 0.480 e. The van der Waals surface area contributed by atoms with E-state index >= 15 is 0 Å². The van der Waals surface area contributed by atoms with Gasteiger partial charge in [-0.15, -0.1) is 0 Å². The second kappa shape index (κ2) is 18.2. The summed E-state index contributed by atoms with van der Waals surface area (Å²) in [6.07, 6.45) is 1.86. The second-order valence-corrected chi connectivity index (χ2v) is 8.37. The van der Waals surface area contributed by atoms with Crippen LogP contribution in [0.1, 0.15) is 39.0 Å². The van der Waals surface area contributed by atoms with Gasteiger partial charge >= 0.3 is 5.97 Å². The monoisotopic (exact) mass is 533 g/mol. The molecule has 0 radical (unpaired) electrons. The maximum absolute atomic E-state index is 12.5. The quantitative estimate of drug-likeness (QED) is 0.0354. The highest BCUT2D eigenvalue weighted by atomic mass is 32.1. The molecule has 0 spiro atoms. The molecule has 13 N–H and O–H groups in total. The minimum atomic E-state index is -1.26. The number of thiol groups is 1. The summed E-state index contributed by atoms with van der Waals surface area (Å²) in [5.74, 6) is -4.12. The summed E-state index contributed by atoms with van der Waals surface area (Å²) in [6, 6.07) is -4.13. The molecule has 0 rings (SSSR count). The molecule has 16 heteroatoms. The number of rotatable bonds is 18. The molecule has 0 heterocycles. The van der Waals surface area contributed by atoms with Crippen molar-refractivity contribution < 1.29 is 29.1 Å². The normalized spacial score (nSPS) is 13.9. The number of carbonyl (C=O) groups is 5. The number of nitrogens with one attached hydrogen (secondary N) is 4. The maximum Gasteiger partial charge on any atom is 0.326 e. The van der Waals surface area contributed by atoms with Gasteiger partial charge in [0.1, 0.15) is 18.1 Å². The van der Waals surface area contributed by atoms with Gasteiger partial charge in [-0.1, -0.05) is 0 Å². The Morgan fingerprint density at radius 1 is 0.889 bits per heavy atom. The highest BCUT2D eigenvalue weighted by Crippen LogP contribution is 2.02. The Balaban J connectivity index is 4.89. The van der Waals surface area contributed by atoms with Crippen molar-refractivity contribution in [3.05, 3.63) is 0 Å². The van der Waals surface area contributed by atoms with E-state index < -0.39 is 60.3 Å². The second-order valence-electron chi connectivity index (χ2n) is 8.00. The molecule has 0 saturated carbocycles. The van der Waals surface area contributed by atoms with Crippen LogP contribution in [-0.2, 0) is 24.0 Å². The Bertz CT molecular complexity index is 777. The van der Waals surface area contributed by atoms with Crippen LogP contribution in [0.2, 0.25) is 0 Å². The van der Waals surface area contributed by atoms with Crippen LogP contribution >= 0.6 is 12.6 Å². The molecule has 0 aromatic rings. The summed E-state index contributed by atoms with van der Waals surface area (Å²) < 4.78 is 0. The lowest BCUT2D eigenvalue weighted by Gasteiger charge is -2.21. The molecule has 4 amide bonds. The Hall–Kier alpha value is -3.11. The summed E-state index contributed by atoms with van der Waals surface area (Å²) in [6.45, 7) is 1.59. The van der Waals surface area contributed by atoms with Crippen molar-refractivity contribution in [3.63, 3.8) is 0 Å². The average Bonchev–Trinajstić information content (AvgIpc) is 2.81. The first-order valence-electron chi connectivity index (χ1n) is 11.4. The number of hydrogen-bond donors (Lipinski definition) is 10. The average molecular weight is 534 g/mol. The fraction of sp³-hybridized carbons (Fsp3) is 0.700. The van der Waals surface area contributed by atoms with Crippen molar-refractivity contribution in [2.75, 3.05) is 25.4 Å². The van der Waals surface area contributed by atoms with Gasteiger partial charge in [0.25, 0.3) is 0 Å². The molecule has 36 heavy (non-hydrogen) atoms. The predicted molar refractivity (Wildman–Crippen MR) is 137 cm³/mol. The molecule has 0 bridgehead atoms. The molecule has 0 aliphatic heterocycles. The number of guanidine groups is 1. The number of carbonyl (C=O) groups excluding carboxylic acids is 4. The van der Waals surface area contributed by atoms with Gasteiger partial charge in [-0.25, -0.2) is 4.79 Å². The van der Waals surface area contributed by atoms with Crippen molar-refractivity contribution in [3.8, 4) is 0 Å². The number of carboxylic acid groups (broad SMARTS) is 1. The van der Waals surface area contributed by atoms with E-state index in [9.17, 15) is 29.1 Å². The number of aliphatic imine (C=N–C) groups is 1. The lowest BCUT2D eigenvalue weighted by Crippen LogP contribution is -2.55. The van der Waals surface area contributed by atoms with Crippen LogP contribution in [0.25, 0.3) is 0 Å². The molecule has 206 valence electrons. The lowest BCUT2D eigenvalue weighted by molar-refractivity contribution is -0.142. The third kappa shape index (κ3) is 14.3. The highest BCUT2D eigenvalue weighted by Gasteiger charge is 2.26. The molecule has 0 unspecified atom stereocenters. The van der Waals surface area contributed by atoms with E-state index in [2.05, 4.69) is 38.9 Å². The summed E-state index contributed by atoms with van der Waals surface area (Å²) in [7, 11) is 0. The van der Waals surface area contributed by atoms with Crippen molar-refractivity contribution >= 4 is 48.2 Å². The SMILES string of the molecule is C[C@H](N)C(=O)N[C@H](CCCCN)C(=O)NCC(=O)N[C@H](CS)C(=O)N[C@@H](CCCN=C(N)N)C(=O)O. The van der Waals surface area contributed by atoms with E-state index in [0.29, 0.717) is 32.2 Å². The van der Waals surface area contributed by atoms with Gasteiger partial charge in [0.2, 0.25) is 23.6 Å². The number of unbranched alkanes of at least 4 members (excludes halogenated alkanes) is 1. The fourth-order valence-corrected chi connectivity index (χ4v) is 3.09. The topological polar surface area (TPSA) is 270 Å². The van der Waals surface area contributed by atoms with Crippen LogP contribution in [0.3, 0.4) is 0 Å². The van der Waals surface area contributed by atoms with E-state index in [1.165, 1.54) is 6.92 Å². The lowest BCUT2D eigenvalue weighted by atomic mass is 10.1. The molecule has 0 aromatic carbocycles. The van der Waals surface area contributed by atoms with Gasteiger partial charge in [-0.2, -0.15) is 12.6 Å². The molecule has 0 saturated heterocycles. The van der Waals surface area contributed by atoms with E-state index in [-0.39, 0.29) is 24.7 Å². The van der Waals surface area contributed by atoms with Crippen LogP contribution in [0.5, 0.6) is 0 Å². The van der Waals surface area contributed by atoms with Crippen LogP contribution in [-0.4, -0.2) is 90.2 Å². The number of nitrogens with two attached hydrogens (primary N) is 4. The zero-order valence-electron chi connectivity index (χ0n) is 20.4. The number of nitrogens with zero attached hydrogens (tertiary/aromatic N) is 1. The maximum atomic E-state index is 12.5. The first-order valence-corrected chi connectivity index (χ1v) is 12.1. The van der Waals surface area contributed by atoms with E-state index in [4.69, 9.17) is 22.9 Å². The zero-order chi connectivity index (χ0) is 27.7. The predicted octanol–water partition coefficient (Wildman–Crippen LogP) is -3.90. The van der Waals surface area contributed by atoms with Gasteiger partial charge < -0.3 is 49.3 Å². The van der Waals surface area contributed by atoms with Gasteiger partial charge in [-0.3, -0.25) is 24.2 Å². The Morgan fingerprint density at radius 3 is 2.03 bits per heavy atom. The summed E-state index contributed by atoms with van der Waals surface area (Å²) in [4.78, 5) is 64.4. The van der Waals surface area contributed by atoms with Crippen molar-refractivity contribution in [2.24, 2.45) is 27.9 Å². The smallest absolute Gasteiger partial charge is 0.326 e. The zero-order valence-corrected chi connectivity index (χ0v) is 21.3. The summed E-state index contributed by atoms with van der Waals surface area (Å²) in [5.41, 5.74) is 21.4. The van der Waals surface area contributed by atoms with E-state index in [1.54, 1.807) is 0 Å². The number of hydrogen-bond acceptors (Lipinski definition) is 9. The molecule has 0 aliphatic carbocycles. The fourth-order valence-electron chi connectivity index (χ4n) is 2.83. The van der Waals surface area contributed by atoms with Gasteiger partial charge in [0.05, 0.1) is 12.6 Å². The minimum absolute atomic E-state index is 0.0554. The minimum Gasteiger partial charge on any atom is -0.480 e. The van der Waals surface area contributed by atoms with Crippen LogP contribution in [0.4, 0.5) is 0 Å². The van der Waals surface area contributed by atoms with Crippen LogP contribution < -0.4 is 44.2 Å². The van der Waals surface area contributed by atoms with Gasteiger partial charge in [0.15, 0.2) is 5.96 Å². The molecular weight excluding hydrogens is 494 g/mol. The summed E-state index contributed by atoms with van der Waals surface area (Å²) in [5, 5.41) is 19.0. The number of amides is 4. The Morgan fingerprint density at radius 2 is 1.50 bits per heavy atom. The summed E-state index contributed by atoms with van der Waals surface area (Å²) >= 11 is 4.03. The first kappa shape index (κ1) is 32.9. The molecular formula is C20H39N9O6S. The Labute approximate surface area is 215 Å². The van der Waals surface area contributed by atoms with E-state index in [1.807, 2.05) is 0 Å². The first-order chi connectivity index (χ1) is 16.9. The van der Waals surface area contributed by atoms with Gasteiger partial charge in [-0.05, 0) is 45.6 Å². The highest BCUT2D eigenvalue weighted by molar-refractivity contribution is 7.80. The third-order valence-corrected chi connectivity index (χ3v) is 5.18. The Kier molecular flexibility index (Phi) is 16.6. The molecule has 0 aromatic heterocycles.